The molecule has 0 atom stereocenters. The maximum absolute atomic E-state index is 12.6. The van der Waals surface area contributed by atoms with Gasteiger partial charge < -0.3 is 11.5 Å². The van der Waals surface area contributed by atoms with Crippen LogP contribution in [-0.2, 0) is 10.2 Å². The molecule has 0 spiro atoms. The van der Waals surface area contributed by atoms with Crippen LogP contribution in [0.1, 0.15) is 74.9 Å². The van der Waals surface area contributed by atoms with Crippen LogP contribution in [0.3, 0.4) is 0 Å². The summed E-state index contributed by atoms with van der Waals surface area (Å²) in [5.41, 5.74) is 20.0. The summed E-state index contributed by atoms with van der Waals surface area (Å²) in [6, 6.07) is 0. The molecular formula is C23H37N3O. The molecule has 27 heavy (non-hydrogen) atoms. The van der Waals surface area contributed by atoms with Crippen molar-refractivity contribution in [3.63, 3.8) is 0 Å². The Morgan fingerprint density at radius 2 is 1.11 bits per heavy atom. The van der Waals surface area contributed by atoms with Crippen molar-refractivity contribution in [1.29, 1.82) is 0 Å². The van der Waals surface area contributed by atoms with E-state index < -0.39 is 5.41 Å². The predicted molar refractivity (Wildman–Crippen MR) is 116 cm³/mol. The number of carbonyl (C=O) groups is 1. The van der Waals surface area contributed by atoms with E-state index in [2.05, 4.69) is 60.4 Å². The van der Waals surface area contributed by atoms with Gasteiger partial charge in [-0.25, -0.2) is 0 Å². The fourth-order valence-corrected chi connectivity index (χ4v) is 3.98. The molecule has 0 aliphatic heterocycles. The van der Waals surface area contributed by atoms with Gasteiger partial charge >= 0.3 is 0 Å². The summed E-state index contributed by atoms with van der Waals surface area (Å²) in [7, 11) is 0. The Balaban J connectivity index is 3.72. The molecule has 0 aliphatic carbocycles. The van der Waals surface area contributed by atoms with Gasteiger partial charge in [0, 0.05) is 5.41 Å². The van der Waals surface area contributed by atoms with Gasteiger partial charge in [0.15, 0.2) is 5.96 Å². The van der Waals surface area contributed by atoms with Crippen LogP contribution >= 0.6 is 0 Å². The number of benzene rings is 1. The first-order chi connectivity index (χ1) is 12.1. The molecule has 0 fully saturated rings. The van der Waals surface area contributed by atoms with Crippen molar-refractivity contribution < 1.29 is 4.79 Å². The number of nitrogens with two attached hydrogens (primary N) is 2. The third-order valence-corrected chi connectivity index (χ3v) is 6.83. The smallest absolute Gasteiger partial charge is 0.258 e. The molecule has 0 radical (unpaired) electrons. The minimum Gasteiger partial charge on any atom is -0.370 e. The molecule has 1 rings (SSSR count). The fraction of sp³-hybridized carbons (Fsp3) is 0.565. The Kier molecular flexibility index (Phi) is 6.37. The highest BCUT2D eigenvalue weighted by molar-refractivity contribution is 5.95. The number of aliphatic imine (C=N–C) groups is 1. The number of hydrogen-bond acceptors (Lipinski definition) is 1. The second kappa shape index (κ2) is 7.49. The highest BCUT2D eigenvalue weighted by atomic mass is 16.1. The van der Waals surface area contributed by atoms with E-state index in [-0.39, 0.29) is 17.3 Å². The number of hydrogen-bond donors (Lipinski definition) is 2. The number of allylic oxidation sites excluding steroid dienone is 1. The average Bonchev–Trinajstić information content (AvgIpc) is 2.55. The molecule has 150 valence electrons. The lowest BCUT2D eigenvalue weighted by molar-refractivity contribution is -0.124. The zero-order valence-corrected chi connectivity index (χ0v) is 19.0. The zero-order valence-electron chi connectivity index (χ0n) is 19.0. The molecular weight excluding hydrogens is 334 g/mol. The van der Waals surface area contributed by atoms with Crippen molar-refractivity contribution in [2.75, 3.05) is 0 Å². The van der Waals surface area contributed by atoms with E-state index in [1.165, 1.54) is 39.0 Å². The quantitative estimate of drug-likeness (QED) is 0.458. The maximum Gasteiger partial charge on any atom is 0.258 e. The highest BCUT2D eigenvalue weighted by Crippen LogP contribution is 2.43. The van der Waals surface area contributed by atoms with Crippen LogP contribution in [-0.4, -0.2) is 11.9 Å². The van der Waals surface area contributed by atoms with Gasteiger partial charge in [-0.2, -0.15) is 4.99 Å². The second-order valence-electron chi connectivity index (χ2n) is 8.84. The summed E-state index contributed by atoms with van der Waals surface area (Å²) < 4.78 is 0. The first-order valence-electron chi connectivity index (χ1n) is 9.48. The molecule has 0 aromatic heterocycles. The van der Waals surface area contributed by atoms with Crippen molar-refractivity contribution in [2.45, 2.75) is 81.6 Å². The van der Waals surface area contributed by atoms with Crippen LogP contribution in [0.4, 0.5) is 0 Å². The van der Waals surface area contributed by atoms with Crippen molar-refractivity contribution in [1.82, 2.24) is 0 Å². The third kappa shape index (κ3) is 3.95. The number of rotatable bonds is 4. The average molecular weight is 372 g/mol. The van der Waals surface area contributed by atoms with E-state index in [9.17, 15) is 4.79 Å². The normalized spacial score (nSPS) is 13.3. The van der Waals surface area contributed by atoms with E-state index in [4.69, 9.17) is 11.5 Å². The SMILES string of the molecule is C/C(=C(/C)C(C)(C)c1c(C)c(C)c(C)c(C)c1C)C(C)(C)C(=O)N=C(N)N. The summed E-state index contributed by atoms with van der Waals surface area (Å²) in [4.78, 5) is 16.4. The number of carbonyl (C=O) groups excluding carboxylic acids is 1. The molecule has 1 amide bonds. The summed E-state index contributed by atoms with van der Waals surface area (Å²) >= 11 is 0. The standard InChI is InChI=1S/C23H37N3O/c1-12-13(2)15(4)19(16(5)14(12)3)22(8,9)17(6)18(7)23(10,11)20(27)26-21(24)25/h1-11H3,(H4,24,25,26,27)/b18-17+. The summed E-state index contributed by atoms with van der Waals surface area (Å²) in [6.07, 6.45) is 0. The Morgan fingerprint density at radius 1 is 0.741 bits per heavy atom. The molecule has 1 aromatic carbocycles. The largest absolute Gasteiger partial charge is 0.370 e. The Morgan fingerprint density at radius 3 is 1.48 bits per heavy atom. The van der Waals surface area contributed by atoms with Gasteiger partial charge in [-0.1, -0.05) is 25.0 Å². The monoisotopic (exact) mass is 371 g/mol. The lowest BCUT2D eigenvalue weighted by Crippen LogP contribution is -2.33. The molecule has 0 saturated heterocycles. The van der Waals surface area contributed by atoms with Crippen molar-refractivity contribution >= 4 is 11.9 Å². The summed E-state index contributed by atoms with van der Waals surface area (Å²) in [5.74, 6) is -0.519. The highest BCUT2D eigenvalue weighted by Gasteiger charge is 2.36. The lowest BCUT2D eigenvalue weighted by Gasteiger charge is -2.36. The van der Waals surface area contributed by atoms with Gasteiger partial charge in [0.2, 0.25) is 0 Å². The van der Waals surface area contributed by atoms with E-state index >= 15 is 0 Å². The van der Waals surface area contributed by atoms with Crippen LogP contribution in [0.25, 0.3) is 0 Å². The molecule has 0 heterocycles. The van der Waals surface area contributed by atoms with E-state index in [1.807, 2.05) is 20.8 Å². The van der Waals surface area contributed by atoms with Crippen molar-refractivity contribution in [2.24, 2.45) is 21.9 Å². The molecule has 0 unspecified atom stereocenters. The minimum absolute atomic E-state index is 0.200. The molecule has 0 aliphatic rings. The number of amides is 1. The first-order valence-corrected chi connectivity index (χ1v) is 9.48. The van der Waals surface area contributed by atoms with Crippen LogP contribution < -0.4 is 11.5 Å². The van der Waals surface area contributed by atoms with Gasteiger partial charge in [0.05, 0.1) is 5.41 Å². The van der Waals surface area contributed by atoms with Gasteiger partial charge in [-0.3, -0.25) is 4.79 Å². The predicted octanol–water partition coefficient (Wildman–Crippen LogP) is 4.67. The third-order valence-electron chi connectivity index (χ3n) is 6.83. The van der Waals surface area contributed by atoms with Crippen LogP contribution in [0.5, 0.6) is 0 Å². The molecule has 1 aromatic rings. The van der Waals surface area contributed by atoms with E-state index in [0.717, 1.165) is 5.57 Å². The molecule has 0 bridgehead atoms. The number of nitrogens with zero attached hydrogens (tertiary/aromatic N) is 1. The van der Waals surface area contributed by atoms with Gasteiger partial charge in [0.25, 0.3) is 5.91 Å². The van der Waals surface area contributed by atoms with Gasteiger partial charge in [-0.05, 0) is 95.7 Å². The molecule has 4 nitrogen and oxygen atoms in total. The van der Waals surface area contributed by atoms with Crippen LogP contribution in [0.15, 0.2) is 16.1 Å². The summed E-state index contributed by atoms with van der Waals surface area (Å²) in [5, 5.41) is 0. The molecule has 4 heteroatoms. The number of guanidine groups is 1. The van der Waals surface area contributed by atoms with Crippen LogP contribution in [0, 0.1) is 40.0 Å². The zero-order chi connectivity index (χ0) is 21.5. The Labute approximate surface area is 165 Å². The van der Waals surface area contributed by atoms with Crippen molar-refractivity contribution in [3.8, 4) is 0 Å². The Hall–Kier alpha value is -2.10. The molecule has 4 N–H and O–H groups in total. The Bertz CT molecular complexity index is 807. The maximum atomic E-state index is 12.6. The summed E-state index contributed by atoms with van der Waals surface area (Å²) in [6.45, 7) is 23.3. The molecule has 0 saturated carbocycles. The van der Waals surface area contributed by atoms with E-state index in [1.54, 1.807) is 0 Å². The minimum atomic E-state index is -0.776. The van der Waals surface area contributed by atoms with Gasteiger partial charge in [0.1, 0.15) is 0 Å². The first kappa shape index (κ1) is 22.9. The lowest BCUT2D eigenvalue weighted by atomic mass is 9.68. The van der Waals surface area contributed by atoms with Gasteiger partial charge in [-0.15, -0.1) is 0 Å². The van der Waals surface area contributed by atoms with Crippen LogP contribution in [0.2, 0.25) is 0 Å². The van der Waals surface area contributed by atoms with Crippen molar-refractivity contribution in [3.05, 3.63) is 44.5 Å². The topological polar surface area (TPSA) is 81.5 Å². The fourth-order valence-electron chi connectivity index (χ4n) is 3.98. The second-order valence-corrected chi connectivity index (χ2v) is 8.84. The van der Waals surface area contributed by atoms with E-state index in [0.29, 0.717) is 0 Å².